The molecule has 3 aromatic rings. The Kier molecular flexibility index (Phi) is 3.72. The maximum atomic E-state index is 4.39. The minimum Gasteiger partial charge on any atom is -0.309 e. The lowest BCUT2D eigenvalue weighted by atomic mass is 9.95. The zero-order valence-corrected chi connectivity index (χ0v) is 12.7. The van der Waals surface area contributed by atoms with Gasteiger partial charge in [-0.15, -0.1) is 0 Å². The first kappa shape index (κ1) is 13.8. The van der Waals surface area contributed by atoms with E-state index in [9.17, 15) is 0 Å². The second kappa shape index (κ2) is 5.66. The van der Waals surface area contributed by atoms with E-state index < -0.39 is 0 Å². The highest BCUT2D eigenvalue weighted by molar-refractivity contribution is 5.79. The third kappa shape index (κ3) is 2.81. The molecule has 0 saturated heterocycles. The molecule has 0 fully saturated rings. The van der Waals surface area contributed by atoms with Crippen molar-refractivity contribution in [1.82, 2.24) is 10.3 Å². The van der Waals surface area contributed by atoms with Crippen molar-refractivity contribution in [1.29, 1.82) is 0 Å². The van der Waals surface area contributed by atoms with Gasteiger partial charge in [0.15, 0.2) is 0 Å². The summed E-state index contributed by atoms with van der Waals surface area (Å²) in [6.07, 6.45) is 1.83. The van der Waals surface area contributed by atoms with Crippen molar-refractivity contribution in [3.63, 3.8) is 0 Å². The summed E-state index contributed by atoms with van der Waals surface area (Å²) in [4.78, 5) is 4.39. The first-order valence-electron chi connectivity index (χ1n) is 7.27. The topological polar surface area (TPSA) is 24.9 Å². The van der Waals surface area contributed by atoms with Crippen LogP contribution in [0, 0.1) is 13.8 Å². The van der Waals surface area contributed by atoms with E-state index in [1.807, 2.05) is 19.3 Å². The molecule has 1 unspecified atom stereocenters. The van der Waals surface area contributed by atoms with Crippen molar-refractivity contribution in [3.8, 4) is 0 Å². The fourth-order valence-electron chi connectivity index (χ4n) is 2.98. The Morgan fingerprint density at radius 2 is 1.67 bits per heavy atom. The average Bonchev–Trinajstić information content (AvgIpc) is 2.47. The number of fused-ring (bicyclic) bond motifs is 1. The molecule has 0 saturated carbocycles. The second-order valence-corrected chi connectivity index (χ2v) is 5.60. The first-order valence-corrected chi connectivity index (χ1v) is 7.27. The Morgan fingerprint density at radius 1 is 0.905 bits per heavy atom. The number of rotatable bonds is 3. The first-order chi connectivity index (χ1) is 10.2. The van der Waals surface area contributed by atoms with Gasteiger partial charge in [0.1, 0.15) is 0 Å². The van der Waals surface area contributed by atoms with Crippen LogP contribution in [0.15, 0.2) is 54.7 Å². The molecule has 0 aliphatic rings. The van der Waals surface area contributed by atoms with Crippen LogP contribution in [0.2, 0.25) is 0 Å². The normalized spacial score (nSPS) is 12.5. The van der Waals surface area contributed by atoms with Crippen molar-refractivity contribution in [2.45, 2.75) is 19.9 Å². The van der Waals surface area contributed by atoms with Crippen molar-refractivity contribution in [2.75, 3.05) is 7.05 Å². The fraction of sp³-hybridized carbons (Fsp3) is 0.211. The van der Waals surface area contributed by atoms with Gasteiger partial charge in [0, 0.05) is 11.6 Å². The van der Waals surface area contributed by atoms with Gasteiger partial charge in [-0.1, -0.05) is 41.5 Å². The summed E-state index contributed by atoms with van der Waals surface area (Å²) >= 11 is 0. The molecule has 2 heteroatoms. The van der Waals surface area contributed by atoms with Crippen LogP contribution in [-0.4, -0.2) is 12.0 Å². The number of nitrogens with zero attached hydrogens (tertiary/aromatic N) is 1. The lowest BCUT2D eigenvalue weighted by molar-refractivity contribution is 0.691. The molecule has 0 bridgehead atoms. The second-order valence-electron chi connectivity index (χ2n) is 5.60. The molecule has 0 aliphatic heterocycles. The van der Waals surface area contributed by atoms with E-state index in [0.717, 1.165) is 5.52 Å². The Bertz CT molecular complexity index is 757. The van der Waals surface area contributed by atoms with Crippen LogP contribution in [0.25, 0.3) is 10.9 Å². The Morgan fingerprint density at radius 3 is 2.38 bits per heavy atom. The maximum Gasteiger partial charge on any atom is 0.0702 e. The third-order valence-corrected chi connectivity index (χ3v) is 3.83. The van der Waals surface area contributed by atoms with Crippen molar-refractivity contribution >= 4 is 10.9 Å². The van der Waals surface area contributed by atoms with Crippen molar-refractivity contribution < 1.29 is 0 Å². The van der Waals surface area contributed by atoms with E-state index in [0.29, 0.717) is 0 Å². The van der Waals surface area contributed by atoms with Gasteiger partial charge in [0.25, 0.3) is 0 Å². The number of nitrogens with one attached hydrogen (secondary N) is 1. The lowest BCUT2D eigenvalue weighted by Gasteiger charge is -2.19. The van der Waals surface area contributed by atoms with Crippen LogP contribution in [0.1, 0.15) is 28.3 Å². The molecule has 0 radical (unpaired) electrons. The summed E-state index contributed by atoms with van der Waals surface area (Å²) in [5, 5.41) is 4.61. The molecule has 106 valence electrons. The summed E-state index contributed by atoms with van der Waals surface area (Å²) < 4.78 is 0. The summed E-state index contributed by atoms with van der Waals surface area (Å²) in [5.74, 6) is 0. The van der Waals surface area contributed by atoms with Crippen molar-refractivity contribution in [2.24, 2.45) is 0 Å². The molecular weight excluding hydrogens is 256 g/mol. The van der Waals surface area contributed by atoms with Crippen LogP contribution < -0.4 is 5.32 Å². The van der Waals surface area contributed by atoms with Crippen LogP contribution >= 0.6 is 0 Å². The van der Waals surface area contributed by atoms with Gasteiger partial charge in [0.05, 0.1) is 11.6 Å². The molecule has 3 rings (SSSR count). The van der Waals surface area contributed by atoms with Gasteiger partial charge < -0.3 is 5.32 Å². The zero-order valence-electron chi connectivity index (χ0n) is 12.7. The maximum absolute atomic E-state index is 4.39. The molecule has 0 spiro atoms. The monoisotopic (exact) mass is 276 g/mol. The molecule has 21 heavy (non-hydrogen) atoms. The highest BCUT2D eigenvalue weighted by Gasteiger charge is 2.13. The predicted octanol–water partition coefficient (Wildman–Crippen LogP) is 4.16. The molecule has 1 N–H and O–H groups in total. The molecule has 2 nitrogen and oxygen atoms in total. The number of pyridine rings is 1. The minimum atomic E-state index is 0.202. The highest BCUT2D eigenvalue weighted by Crippen LogP contribution is 2.26. The van der Waals surface area contributed by atoms with Gasteiger partial charge in [-0.2, -0.15) is 0 Å². The van der Waals surface area contributed by atoms with E-state index in [4.69, 9.17) is 0 Å². The van der Waals surface area contributed by atoms with E-state index in [2.05, 4.69) is 66.6 Å². The Hall–Kier alpha value is -2.19. The van der Waals surface area contributed by atoms with Crippen molar-refractivity contribution in [3.05, 3.63) is 77.0 Å². The molecule has 1 heterocycles. The van der Waals surface area contributed by atoms with Gasteiger partial charge in [-0.05, 0) is 50.2 Å². The number of aromatic nitrogens is 1. The molecule has 1 atom stereocenters. The summed E-state index contributed by atoms with van der Waals surface area (Å²) in [6.45, 7) is 4.29. The summed E-state index contributed by atoms with van der Waals surface area (Å²) in [6, 6.07) is 17.5. The summed E-state index contributed by atoms with van der Waals surface area (Å²) in [5.41, 5.74) is 6.21. The Balaban J connectivity index is 2.08. The third-order valence-electron chi connectivity index (χ3n) is 3.83. The van der Waals surface area contributed by atoms with Crippen LogP contribution in [0.4, 0.5) is 0 Å². The standard InChI is InChI=1S/C19H20N2/c1-13-9-14(2)11-17(10-13)19(20-3)16-6-7-18-15(12-16)5-4-8-21-18/h4-12,19-20H,1-3H3. The predicted molar refractivity (Wildman–Crippen MR) is 88.6 cm³/mol. The smallest absolute Gasteiger partial charge is 0.0702 e. The molecule has 0 amide bonds. The van der Waals surface area contributed by atoms with Gasteiger partial charge >= 0.3 is 0 Å². The van der Waals surface area contributed by atoms with E-state index in [1.165, 1.54) is 27.6 Å². The molecule has 1 aromatic heterocycles. The van der Waals surface area contributed by atoms with Crippen LogP contribution in [-0.2, 0) is 0 Å². The van der Waals surface area contributed by atoms with Crippen LogP contribution in [0.3, 0.4) is 0 Å². The SMILES string of the molecule is CNC(c1cc(C)cc(C)c1)c1ccc2ncccc2c1. The van der Waals surface area contributed by atoms with Gasteiger partial charge in [-0.3, -0.25) is 4.98 Å². The molecule has 0 aliphatic carbocycles. The molecule has 2 aromatic carbocycles. The van der Waals surface area contributed by atoms with Gasteiger partial charge in [0.2, 0.25) is 0 Å². The lowest BCUT2D eigenvalue weighted by Crippen LogP contribution is -2.17. The number of hydrogen-bond donors (Lipinski definition) is 1. The van der Waals surface area contributed by atoms with E-state index in [1.54, 1.807) is 0 Å². The fourth-order valence-corrected chi connectivity index (χ4v) is 2.98. The highest BCUT2D eigenvalue weighted by atomic mass is 14.9. The Labute approximate surface area is 125 Å². The summed E-state index contributed by atoms with van der Waals surface area (Å²) in [7, 11) is 2.01. The van der Waals surface area contributed by atoms with E-state index >= 15 is 0 Å². The zero-order chi connectivity index (χ0) is 14.8. The van der Waals surface area contributed by atoms with E-state index in [-0.39, 0.29) is 6.04 Å². The quantitative estimate of drug-likeness (QED) is 0.777. The number of benzene rings is 2. The van der Waals surface area contributed by atoms with Crippen LogP contribution in [0.5, 0.6) is 0 Å². The average molecular weight is 276 g/mol. The molecular formula is C19H20N2. The largest absolute Gasteiger partial charge is 0.309 e. The number of hydrogen-bond acceptors (Lipinski definition) is 2. The van der Waals surface area contributed by atoms with Gasteiger partial charge in [-0.25, -0.2) is 0 Å². The number of aryl methyl sites for hydroxylation is 2. The minimum absolute atomic E-state index is 0.202.